The summed E-state index contributed by atoms with van der Waals surface area (Å²) in [4.78, 5) is 6.69. The van der Waals surface area contributed by atoms with Crippen LogP contribution in [-0.4, -0.2) is 29.0 Å². The summed E-state index contributed by atoms with van der Waals surface area (Å²) in [5.74, 6) is 0. The molecule has 122 valence electrons. The topological polar surface area (TPSA) is 54.2 Å². The van der Waals surface area contributed by atoms with Gasteiger partial charge in [0.15, 0.2) is 0 Å². The van der Waals surface area contributed by atoms with Gasteiger partial charge in [-0.25, -0.2) is 0 Å². The Kier molecular flexibility index (Phi) is 4.05. The number of nitrogens with one attached hydrogen (secondary N) is 1. The summed E-state index contributed by atoms with van der Waals surface area (Å²) in [6, 6.07) is 17.1. The van der Waals surface area contributed by atoms with Gasteiger partial charge in [0, 0.05) is 60.2 Å². The number of anilines is 2. The molecule has 2 heterocycles. The highest BCUT2D eigenvalue weighted by Crippen LogP contribution is 2.25. The van der Waals surface area contributed by atoms with Gasteiger partial charge in [-0.15, -0.1) is 0 Å². The van der Waals surface area contributed by atoms with Crippen LogP contribution >= 0.6 is 0 Å². The lowest BCUT2D eigenvalue weighted by Gasteiger charge is -2.18. The normalized spacial score (nSPS) is 18.1. The fraction of sp³-hybridized carbons (Fsp3) is 0.250. The maximum absolute atomic E-state index is 5.88. The smallest absolute Gasteiger partial charge is 0.0423 e. The first-order chi connectivity index (χ1) is 11.8. The van der Waals surface area contributed by atoms with E-state index >= 15 is 0 Å². The summed E-state index contributed by atoms with van der Waals surface area (Å²) in [5, 5.41) is 6.13. The van der Waals surface area contributed by atoms with E-state index < -0.39 is 0 Å². The monoisotopic (exact) mass is 318 g/mol. The fourth-order valence-corrected chi connectivity index (χ4v) is 3.51. The largest absolute Gasteiger partial charge is 0.399 e. The summed E-state index contributed by atoms with van der Waals surface area (Å²) >= 11 is 0. The Morgan fingerprint density at radius 1 is 1.17 bits per heavy atom. The maximum atomic E-state index is 5.88. The number of nitrogen functional groups attached to an aromatic ring is 1. The van der Waals surface area contributed by atoms with Gasteiger partial charge in [0.05, 0.1) is 0 Å². The number of rotatable bonds is 4. The third-order valence-electron chi connectivity index (χ3n) is 4.67. The van der Waals surface area contributed by atoms with Crippen LogP contribution in [0.2, 0.25) is 0 Å². The third-order valence-corrected chi connectivity index (χ3v) is 4.67. The van der Waals surface area contributed by atoms with E-state index in [2.05, 4.69) is 51.6 Å². The fourth-order valence-electron chi connectivity index (χ4n) is 3.51. The molecule has 1 aromatic heterocycles. The summed E-state index contributed by atoms with van der Waals surface area (Å²) in [6.07, 6.45) is 4.93. The van der Waals surface area contributed by atoms with Crippen LogP contribution in [0.15, 0.2) is 60.9 Å². The molecule has 1 atom stereocenters. The number of fused-ring (bicyclic) bond motifs is 1. The standard InChI is InChI=1S/C20H22N4/c21-17-5-1-3-15(11-17)13-24-10-8-18(14-24)23-20-6-2-4-16-12-22-9-7-19(16)20/h1-7,9,11-12,18,23H,8,10,13-14,21H2/t18-/m0/s1. The van der Waals surface area contributed by atoms with Crippen LogP contribution in [-0.2, 0) is 6.54 Å². The zero-order valence-corrected chi connectivity index (χ0v) is 13.7. The van der Waals surface area contributed by atoms with Gasteiger partial charge in [0.1, 0.15) is 0 Å². The van der Waals surface area contributed by atoms with Gasteiger partial charge in [-0.05, 0) is 36.2 Å². The van der Waals surface area contributed by atoms with Gasteiger partial charge < -0.3 is 11.1 Å². The lowest BCUT2D eigenvalue weighted by Crippen LogP contribution is -2.26. The van der Waals surface area contributed by atoms with Crippen molar-refractivity contribution in [1.82, 2.24) is 9.88 Å². The number of nitrogens with two attached hydrogens (primary N) is 1. The van der Waals surface area contributed by atoms with E-state index in [0.29, 0.717) is 6.04 Å². The van der Waals surface area contributed by atoms with E-state index in [1.807, 2.05) is 24.5 Å². The average Bonchev–Trinajstić information content (AvgIpc) is 3.02. The highest BCUT2D eigenvalue weighted by Gasteiger charge is 2.22. The number of aromatic nitrogens is 1. The zero-order chi connectivity index (χ0) is 16.4. The molecule has 1 fully saturated rings. The van der Waals surface area contributed by atoms with Crippen molar-refractivity contribution >= 4 is 22.1 Å². The molecule has 4 heteroatoms. The van der Waals surface area contributed by atoms with Crippen LogP contribution in [0, 0.1) is 0 Å². The Labute approximate surface area is 142 Å². The molecule has 0 bridgehead atoms. The number of likely N-dealkylation sites (tertiary alicyclic amines) is 1. The molecular formula is C20H22N4. The van der Waals surface area contributed by atoms with Crippen LogP contribution in [0.1, 0.15) is 12.0 Å². The van der Waals surface area contributed by atoms with Crippen molar-refractivity contribution in [3.63, 3.8) is 0 Å². The van der Waals surface area contributed by atoms with Crippen molar-refractivity contribution in [1.29, 1.82) is 0 Å². The number of benzene rings is 2. The average molecular weight is 318 g/mol. The van der Waals surface area contributed by atoms with Crippen molar-refractivity contribution in [2.45, 2.75) is 19.0 Å². The molecule has 2 aromatic carbocycles. The molecule has 0 spiro atoms. The first kappa shape index (κ1) is 15.0. The van der Waals surface area contributed by atoms with Crippen LogP contribution in [0.25, 0.3) is 10.8 Å². The maximum Gasteiger partial charge on any atom is 0.0423 e. The Morgan fingerprint density at radius 2 is 2.08 bits per heavy atom. The highest BCUT2D eigenvalue weighted by atomic mass is 15.2. The second-order valence-corrected chi connectivity index (χ2v) is 6.51. The summed E-state index contributed by atoms with van der Waals surface area (Å²) in [6.45, 7) is 3.12. The first-order valence-corrected chi connectivity index (χ1v) is 8.44. The summed E-state index contributed by atoms with van der Waals surface area (Å²) < 4.78 is 0. The quantitative estimate of drug-likeness (QED) is 0.723. The first-order valence-electron chi connectivity index (χ1n) is 8.44. The number of hydrogen-bond donors (Lipinski definition) is 2. The minimum atomic E-state index is 0.477. The molecule has 0 aliphatic carbocycles. The Balaban J connectivity index is 1.43. The molecular weight excluding hydrogens is 296 g/mol. The van der Waals surface area contributed by atoms with Gasteiger partial charge in [-0.2, -0.15) is 0 Å². The highest BCUT2D eigenvalue weighted by molar-refractivity contribution is 5.93. The minimum Gasteiger partial charge on any atom is -0.399 e. The lowest BCUT2D eigenvalue weighted by molar-refractivity contribution is 0.329. The van der Waals surface area contributed by atoms with E-state index in [9.17, 15) is 0 Å². The van der Waals surface area contributed by atoms with Crippen molar-refractivity contribution in [2.24, 2.45) is 0 Å². The van der Waals surface area contributed by atoms with Gasteiger partial charge in [0.25, 0.3) is 0 Å². The third kappa shape index (κ3) is 3.19. The van der Waals surface area contributed by atoms with Crippen LogP contribution < -0.4 is 11.1 Å². The molecule has 4 nitrogen and oxygen atoms in total. The molecule has 24 heavy (non-hydrogen) atoms. The second kappa shape index (κ2) is 6.49. The zero-order valence-electron chi connectivity index (χ0n) is 13.7. The molecule has 3 aromatic rings. The molecule has 1 saturated heterocycles. The molecule has 0 amide bonds. The van der Waals surface area contributed by atoms with E-state index in [1.165, 1.54) is 22.0 Å². The lowest BCUT2D eigenvalue weighted by atomic mass is 10.1. The molecule has 1 aliphatic rings. The molecule has 0 unspecified atom stereocenters. The van der Waals surface area contributed by atoms with Gasteiger partial charge >= 0.3 is 0 Å². The summed E-state index contributed by atoms with van der Waals surface area (Å²) in [5.41, 5.74) is 9.20. The molecule has 1 aliphatic heterocycles. The molecule has 4 rings (SSSR count). The van der Waals surface area contributed by atoms with Gasteiger partial charge in [-0.1, -0.05) is 24.3 Å². The van der Waals surface area contributed by atoms with E-state index in [1.54, 1.807) is 0 Å². The Hall–Kier alpha value is -2.59. The van der Waals surface area contributed by atoms with Crippen LogP contribution in [0.5, 0.6) is 0 Å². The summed E-state index contributed by atoms with van der Waals surface area (Å²) in [7, 11) is 0. The van der Waals surface area contributed by atoms with Crippen LogP contribution in [0.4, 0.5) is 11.4 Å². The van der Waals surface area contributed by atoms with Crippen molar-refractivity contribution in [3.05, 3.63) is 66.5 Å². The Bertz CT molecular complexity index is 840. The van der Waals surface area contributed by atoms with Gasteiger partial charge in [-0.3, -0.25) is 9.88 Å². The number of hydrogen-bond acceptors (Lipinski definition) is 4. The minimum absolute atomic E-state index is 0.477. The van der Waals surface area contributed by atoms with E-state index in [4.69, 9.17) is 5.73 Å². The van der Waals surface area contributed by atoms with E-state index in [0.717, 1.165) is 31.7 Å². The molecule has 0 saturated carbocycles. The van der Waals surface area contributed by atoms with Crippen LogP contribution in [0.3, 0.4) is 0 Å². The van der Waals surface area contributed by atoms with Gasteiger partial charge in [0.2, 0.25) is 0 Å². The SMILES string of the molecule is Nc1cccc(CN2CC[C@H](Nc3cccc4cnccc34)C2)c1. The second-order valence-electron chi connectivity index (χ2n) is 6.51. The predicted molar refractivity (Wildman–Crippen MR) is 99.9 cm³/mol. The number of nitrogens with zero attached hydrogens (tertiary/aromatic N) is 2. The van der Waals surface area contributed by atoms with Crippen molar-refractivity contribution in [2.75, 3.05) is 24.1 Å². The van der Waals surface area contributed by atoms with E-state index in [-0.39, 0.29) is 0 Å². The molecule has 3 N–H and O–H groups in total. The van der Waals surface area contributed by atoms with Crippen molar-refractivity contribution in [3.8, 4) is 0 Å². The van der Waals surface area contributed by atoms with Crippen molar-refractivity contribution < 1.29 is 0 Å². The predicted octanol–water partition coefficient (Wildman–Crippen LogP) is 3.50. The Morgan fingerprint density at radius 3 is 3.00 bits per heavy atom. The number of pyridine rings is 1. The molecule has 0 radical (unpaired) electrons.